The maximum atomic E-state index is 11.4. The molecule has 110 valence electrons. The highest BCUT2D eigenvalue weighted by molar-refractivity contribution is 5.92. The largest absolute Gasteiger partial charge is 0.476 e. The summed E-state index contributed by atoms with van der Waals surface area (Å²) < 4.78 is 1.78. The first-order valence-electron chi connectivity index (χ1n) is 7.25. The van der Waals surface area contributed by atoms with Gasteiger partial charge in [-0.2, -0.15) is 0 Å². The van der Waals surface area contributed by atoms with E-state index >= 15 is 0 Å². The van der Waals surface area contributed by atoms with Crippen molar-refractivity contribution in [1.82, 2.24) is 20.0 Å². The molecule has 21 heavy (non-hydrogen) atoms. The Morgan fingerprint density at radius 1 is 1.33 bits per heavy atom. The molecule has 6 heteroatoms. The molecular weight excluding hydrogens is 268 g/mol. The third-order valence-electron chi connectivity index (χ3n) is 4.16. The first-order chi connectivity index (χ1) is 10.2. The number of rotatable bonds is 3. The van der Waals surface area contributed by atoms with Crippen LogP contribution in [-0.4, -0.2) is 31.1 Å². The molecule has 0 aromatic carbocycles. The van der Waals surface area contributed by atoms with E-state index in [2.05, 4.69) is 22.2 Å². The van der Waals surface area contributed by atoms with Crippen molar-refractivity contribution in [3.05, 3.63) is 30.2 Å². The van der Waals surface area contributed by atoms with Gasteiger partial charge in [0.15, 0.2) is 5.69 Å². The molecule has 0 atom stereocenters. The first kappa shape index (κ1) is 13.7. The molecule has 0 saturated heterocycles. The lowest BCUT2D eigenvalue weighted by atomic mass is 9.87. The molecule has 1 aliphatic carbocycles. The van der Waals surface area contributed by atoms with Crippen molar-refractivity contribution in [2.45, 2.75) is 38.6 Å². The number of pyridine rings is 1. The molecule has 0 spiro atoms. The predicted molar refractivity (Wildman–Crippen MR) is 76.9 cm³/mol. The molecule has 2 aromatic rings. The summed E-state index contributed by atoms with van der Waals surface area (Å²) in [6.07, 6.45) is 7.62. The fourth-order valence-electron chi connectivity index (χ4n) is 2.95. The summed E-state index contributed by atoms with van der Waals surface area (Å²) in [5, 5.41) is 17.3. The zero-order chi connectivity index (χ0) is 14.8. The van der Waals surface area contributed by atoms with Gasteiger partial charge in [-0.15, -0.1) is 5.10 Å². The molecule has 6 nitrogen and oxygen atoms in total. The summed E-state index contributed by atoms with van der Waals surface area (Å²) in [5.74, 6) is -0.324. The summed E-state index contributed by atoms with van der Waals surface area (Å²) in [5.41, 5.74) is 1.32. The zero-order valence-electron chi connectivity index (χ0n) is 11.9. The average molecular weight is 286 g/mol. The number of hydrogen-bond donors (Lipinski definition) is 1. The molecule has 0 aliphatic heterocycles. The number of nitrogens with zero attached hydrogens (tertiary/aromatic N) is 4. The van der Waals surface area contributed by atoms with Crippen LogP contribution in [0.25, 0.3) is 11.3 Å². The zero-order valence-corrected chi connectivity index (χ0v) is 11.9. The van der Waals surface area contributed by atoms with Crippen LogP contribution < -0.4 is 0 Å². The number of hydrogen-bond acceptors (Lipinski definition) is 4. The van der Waals surface area contributed by atoms with Crippen LogP contribution in [0.15, 0.2) is 24.5 Å². The van der Waals surface area contributed by atoms with Gasteiger partial charge < -0.3 is 5.11 Å². The van der Waals surface area contributed by atoms with E-state index in [1.165, 1.54) is 0 Å². The maximum Gasteiger partial charge on any atom is 0.358 e. The number of aromatic nitrogens is 4. The van der Waals surface area contributed by atoms with Crippen LogP contribution >= 0.6 is 0 Å². The van der Waals surface area contributed by atoms with E-state index < -0.39 is 5.97 Å². The average Bonchev–Trinajstić information content (AvgIpc) is 2.94. The van der Waals surface area contributed by atoms with Gasteiger partial charge in [-0.3, -0.25) is 4.98 Å². The molecule has 1 saturated carbocycles. The van der Waals surface area contributed by atoms with Gasteiger partial charge in [0.1, 0.15) is 5.69 Å². The molecule has 0 unspecified atom stereocenters. The second-order valence-corrected chi connectivity index (χ2v) is 5.69. The van der Waals surface area contributed by atoms with Crippen LogP contribution in [0.5, 0.6) is 0 Å². The van der Waals surface area contributed by atoms with Gasteiger partial charge in [0.2, 0.25) is 0 Å². The van der Waals surface area contributed by atoms with Crippen molar-refractivity contribution in [2.24, 2.45) is 5.92 Å². The van der Waals surface area contributed by atoms with E-state index in [9.17, 15) is 9.90 Å². The molecule has 2 heterocycles. The standard InChI is InChI=1S/C15H18N4O2/c1-10-4-6-12(7-5-10)19-14(11-3-2-8-16-9-11)13(15(20)21)17-18-19/h2-3,8-10,12H,4-7H2,1H3,(H,20,21). The molecule has 0 radical (unpaired) electrons. The molecule has 1 N–H and O–H groups in total. The summed E-state index contributed by atoms with van der Waals surface area (Å²) in [6, 6.07) is 3.86. The molecule has 0 bridgehead atoms. The lowest BCUT2D eigenvalue weighted by molar-refractivity contribution is 0.0691. The van der Waals surface area contributed by atoms with Crippen molar-refractivity contribution in [2.75, 3.05) is 0 Å². The second-order valence-electron chi connectivity index (χ2n) is 5.69. The maximum absolute atomic E-state index is 11.4. The lowest BCUT2D eigenvalue weighted by Crippen LogP contribution is -2.19. The third kappa shape index (κ3) is 2.66. The SMILES string of the molecule is CC1CCC(n2nnc(C(=O)O)c2-c2cccnc2)CC1. The monoisotopic (exact) mass is 286 g/mol. The quantitative estimate of drug-likeness (QED) is 0.938. The van der Waals surface area contributed by atoms with E-state index in [4.69, 9.17) is 0 Å². The Hall–Kier alpha value is -2.24. The van der Waals surface area contributed by atoms with Crippen molar-refractivity contribution in [3.8, 4) is 11.3 Å². The van der Waals surface area contributed by atoms with Crippen LogP contribution in [0.3, 0.4) is 0 Å². The van der Waals surface area contributed by atoms with E-state index in [-0.39, 0.29) is 11.7 Å². The first-order valence-corrected chi connectivity index (χ1v) is 7.25. The Kier molecular flexibility index (Phi) is 3.68. The number of aromatic carboxylic acids is 1. The Morgan fingerprint density at radius 3 is 2.71 bits per heavy atom. The van der Waals surface area contributed by atoms with Crippen LogP contribution in [0.4, 0.5) is 0 Å². The fourth-order valence-corrected chi connectivity index (χ4v) is 2.95. The van der Waals surface area contributed by atoms with E-state index in [0.29, 0.717) is 5.69 Å². The van der Waals surface area contributed by atoms with Gasteiger partial charge in [0.25, 0.3) is 0 Å². The van der Waals surface area contributed by atoms with Gasteiger partial charge in [-0.25, -0.2) is 9.48 Å². The van der Waals surface area contributed by atoms with Gasteiger partial charge >= 0.3 is 5.97 Å². The third-order valence-corrected chi connectivity index (χ3v) is 4.16. The van der Waals surface area contributed by atoms with Gasteiger partial charge in [-0.05, 0) is 43.7 Å². The highest BCUT2D eigenvalue weighted by Gasteiger charge is 2.27. The number of carboxylic acid groups (broad SMARTS) is 1. The van der Waals surface area contributed by atoms with Gasteiger partial charge in [0, 0.05) is 18.0 Å². The highest BCUT2D eigenvalue weighted by atomic mass is 16.4. The molecule has 3 rings (SSSR count). The second kappa shape index (κ2) is 5.63. The molecule has 1 fully saturated rings. The summed E-state index contributed by atoms with van der Waals surface area (Å²) in [4.78, 5) is 15.5. The number of carboxylic acids is 1. The molecular formula is C15H18N4O2. The highest BCUT2D eigenvalue weighted by Crippen LogP contribution is 2.34. The topological polar surface area (TPSA) is 80.9 Å². The fraction of sp³-hybridized carbons (Fsp3) is 0.467. The Bertz CT molecular complexity index is 630. The molecule has 2 aromatic heterocycles. The van der Waals surface area contributed by atoms with Crippen molar-refractivity contribution in [1.29, 1.82) is 0 Å². The van der Waals surface area contributed by atoms with E-state index in [1.807, 2.05) is 6.07 Å². The van der Waals surface area contributed by atoms with Crippen LogP contribution in [0.2, 0.25) is 0 Å². The minimum atomic E-state index is -1.05. The van der Waals surface area contributed by atoms with E-state index in [0.717, 1.165) is 37.2 Å². The van der Waals surface area contributed by atoms with E-state index in [1.54, 1.807) is 23.1 Å². The van der Waals surface area contributed by atoms with Crippen LogP contribution in [0.1, 0.15) is 49.1 Å². The van der Waals surface area contributed by atoms with Crippen LogP contribution in [-0.2, 0) is 0 Å². The van der Waals surface area contributed by atoms with Crippen molar-refractivity contribution < 1.29 is 9.90 Å². The Labute approximate surface area is 122 Å². The van der Waals surface area contributed by atoms with Gasteiger partial charge in [0.05, 0.1) is 6.04 Å². The summed E-state index contributed by atoms with van der Waals surface area (Å²) in [7, 11) is 0. The Morgan fingerprint density at radius 2 is 2.10 bits per heavy atom. The minimum Gasteiger partial charge on any atom is -0.476 e. The Balaban J connectivity index is 2.03. The lowest BCUT2D eigenvalue weighted by Gasteiger charge is -2.27. The number of carbonyl (C=O) groups is 1. The van der Waals surface area contributed by atoms with Gasteiger partial charge in [-0.1, -0.05) is 12.1 Å². The summed E-state index contributed by atoms with van der Waals surface area (Å²) >= 11 is 0. The van der Waals surface area contributed by atoms with Crippen molar-refractivity contribution >= 4 is 5.97 Å². The summed E-state index contributed by atoms with van der Waals surface area (Å²) in [6.45, 7) is 2.25. The van der Waals surface area contributed by atoms with Crippen LogP contribution in [0, 0.1) is 5.92 Å². The molecule has 0 amide bonds. The van der Waals surface area contributed by atoms with Crippen molar-refractivity contribution in [3.63, 3.8) is 0 Å². The minimum absolute atomic E-state index is 0.00150. The normalized spacial score (nSPS) is 22.1. The molecule has 1 aliphatic rings. The predicted octanol–water partition coefficient (Wildman–Crippen LogP) is 2.79. The smallest absolute Gasteiger partial charge is 0.358 e.